The fraction of sp³-hybridized carbons (Fsp3) is 0.923. The van der Waals surface area contributed by atoms with Gasteiger partial charge in [-0.25, -0.2) is 0 Å². The van der Waals surface area contributed by atoms with Crippen molar-refractivity contribution in [1.82, 2.24) is 4.90 Å². The number of likely N-dealkylation sites (N-methyl/N-ethyl adjacent to an activating group) is 1. The summed E-state index contributed by atoms with van der Waals surface area (Å²) in [6, 6.07) is 0. The van der Waals surface area contributed by atoms with Crippen molar-refractivity contribution in [2.24, 2.45) is 11.8 Å². The molecule has 0 aromatic rings. The molecule has 0 spiro atoms. The van der Waals surface area contributed by atoms with Crippen LogP contribution in [0.5, 0.6) is 0 Å². The number of carbonyl (C=O) groups is 1. The number of hydrogen-bond donors (Lipinski definition) is 1. The second kappa shape index (κ2) is 6.24. The number of carboxylic acid groups (broad SMARTS) is 1. The van der Waals surface area contributed by atoms with Gasteiger partial charge in [-0.3, -0.25) is 9.69 Å². The highest BCUT2D eigenvalue weighted by molar-refractivity contribution is 5.78. The van der Waals surface area contributed by atoms with Crippen molar-refractivity contribution >= 4 is 5.97 Å². The van der Waals surface area contributed by atoms with Gasteiger partial charge in [-0.15, -0.1) is 0 Å². The van der Waals surface area contributed by atoms with E-state index in [0.717, 1.165) is 13.0 Å². The van der Waals surface area contributed by atoms with Crippen LogP contribution < -0.4 is 0 Å². The van der Waals surface area contributed by atoms with E-state index in [1.165, 1.54) is 0 Å². The number of carboxylic acids is 1. The van der Waals surface area contributed by atoms with Crippen LogP contribution >= 0.6 is 0 Å². The third kappa shape index (κ3) is 4.12. The lowest BCUT2D eigenvalue weighted by Gasteiger charge is -2.37. The highest BCUT2D eigenvalue weighted by atomic mass is 16.4. The molecule has 96 valence electrons. The molecule has 2 atom stereocenters. The molecule has 3 heteroatoms. The van der Waals surface area contributed by atoms with Gasteiger partial charge < -0.3 is 5.11 Å². The zero-order valence-corrected chi connectivity index (χ0v) is 11.6. The van der Waals surface area contributed by atoms with Crippen molar-refractivity contribution in [2.75, 3.05) is 13.6 Å². The Morgan fingerprint density at radius 2 is 1.88 bits per heavy atom. The largest absolute Gasteiger partial charge is 0.480 e. The van der Waals surface area contributed by atoms with E-state index in [-0.39, 0.29) is 0 Å². The Morgan fingerprint density at radius 3 is 2.19 bits per heavy atom. The van der Waals surface area contributed by atoms with Crippen LogP contribution in [0.25, 0.3) is 0 Å². The molecule has 3 nitrogen and oxygen atoms in total. The van der Waals surface area contributed by atoms with Gasteiger partial charge in [0.2, 0.25) is 0 Å². The van der Waals surface area contributed by atoms with Gasteiger partial charge >= 0.3 is 5.97 Å². The Kier molecular flexibility index (Phi) is 6.01. The van der Waals surface area contributed by atoms with Crippen LogP contribution in [0, 0.1) is 11.8 Å². The lowest BCUT2D eigenvalue weighted by Crippen LogP contribution is -2.52. The summed E-state index contributed by atoms with van der Waals surface area (Å²) < 4.78 is 0. The molecular weight excluding hydrogens is 202 g/mol. The molecule has 0 bridgehead atoms. The summed E-state index contributed by atoms with van der Waals surface area (Å²) in [6.45, 7) is 11.1. The number of aliphatic carboxylic acids is 1. The first-order valence-electron chi connectivity index (χ1n) is 6.18. The Labute approximate surface area is 99.8 Å². The molecule has 0 saturated carbocycles. The van der Waals surface area contributed by atoms with E-state index in [4.69, 9.17) is 0 Å². The van der Waals surface area contributed by atoms with Gasteiger partial charge in [0.05, 0.1) is 0 Å². The minimum Gasteiger partial charge on any atom is -0.480 e. The molecule has 2 unspecified atom stereocenters. The van der Waals surface area contributed by atoms with E-state index < -0.39 is 11.5 Å². The molecular formula is C13H27NO2. The molecule has 0 radical (unpaired) electrons. The van der Waals surface area contributed by atoms with E-state index in [1.807, 2.05) is 18.9 Å². The molecule has 0 aromatic heterocycles. The zero-order chi connectivity index (χ0) is 12.9. The Hall–Kier alpha value is -0.570. The molecule has 0 aliphatic rings. The molecule has 0 rings (SSSR count). The maximum Gasteiger partial charge on any atom is 0.323 e. The highest BCUT2D eigenvalue weighted by Gasteiger charge is 2.38. The van der Waals surface area contributed by atoms with Crippen LogP contribution in [0.1, 0.15) is 47.5 Å². The van der Waals surface area contributed by atoms with Gasteiger partial charge in [-0.05, 0) is 32.2 Å². The van der Waals surface area contributed by atoms with Gasteiger partial charge in [0.1, 0.15) is 5.54 Å². The highest BCUT2D eigenvalue weighted by Crippen LogP contribution is 2.24. The Bertz CT molecular complexity index is 228. The number of nitrogens with zero attached hydrogens (tertiary/aromatic N) is 1. The molecule has 0 fully saturated rings. The smallest absolute Gasteiger partial charge is 0.323 e. The summed E-state index contributed by atoms with van der Waals surface area (Å²) in [6.07, 6.45) is 1.77. The second-order valence-electron chi connectivity index (χ2n) is 5.57. The normalized spacial score (nSPS) is 17.5. The first-order chi connectivity index (χ1) is 7.24. The average molecular weight is 229 g/mol. The summed E-state index contributed by atoms with van der Waals surface area (Å²) in [5.74, 6) is 0.211. The molecule has 0 heterocycles. The standard InChI is InChI=1S/C13H27NO2/c1-7-11(4)9-14(6)13(5,12(15)16)8-10(2)3/h10-11H,7-9H2,1-6H3,(H,15,16). The van der Waals surface area contributed by atoms with Crippen molar-refractivity contribution in [3.05, 3.63) is 0 Å². The first-order valence-corrected chi connectivity index (χ1v) is 6.18. The lowest BCUT2D eigenvalue weighted by atomic mass is 9.88. The fourth-order valence-corrected chi connectivity index (χ4v) is 2.00. The third-order valence-corrected chi connectivity index (χ3v) is 3.39. The molecule has 0 aromatic carbocycles. The van der Waals surface area contributed by atoms with Crippen molar-refractivity contribution < 1.29 is 9.90 Å². The van der Waals surface area contributed by atoms with Gasteiger partial charge in [0, 0.05) is 6.54 Å². The molecule has 0 aliphatic carbocycles. The molecule has 1 N–H and O–H groups in total. The summed E-state index contributed by atoms with van der Waals surface area (Å²) in [5.41, 5.74) is -0.738. The summed E-state index contributed by atoms with van der Waals surface area (Å²) >= 11 is 0. The van der Waals surface area contributed by atoms with E-state index in [9.17, 15) is 9.90 Å². The zero-order valence-electron chi connectivity index (χ0n) is 11.6. The summed E-state index contributed by atoms with van der Waals surface area (Å²) in [5, 5.41) is 9.40. The van der Waals surface area contributed by atoms with E-state index in [2.05, 4.69) is 27.7 Å². The van der Waals surface area contributed by atoms with Crippen LogP contribution in [0.4, 0.5) is 0 Å². The Balaban J connectivity index is 4.69. The number of hydrogen-bond acceptors (Lipinski definition) is 2. The predicted molar refractivity (Wildman–Crippen MR) is 67.6 cm³/mol. The van der Waals surface area contributed by atoms with Crippen molar-refractivity contribution in [1.29, 1.82) is 0 Å². The lowest BCUT2D eigenvalue weighted by molar-refractivity contribution is -0.151. The van der Waals surface area contributed by atoms with Crippen LogP contribution in [0.15, 0.2) is 0 Å². The molecule has 0 saturated heterocycles. The van der Waals surface area contributed by atoms with E-state index in [1.54, 1.807) is 0 Å². The topological polar surface area (TPSA) is 40.5 Å². The van der Waals surface area contributed by atoms with Gasteiger partial charge in [0.25, 0.3) is 0 Å². The van der Waals surface area contributed by atoms with Crippen molar-refractivity contribution in [3.63, 3.8) is 0 Å². The minimum absolute atomic E-state index is 0.389. The first kappa shape index (κ1) is 15.4. The summed E-state index contributed by atoms with van der Waals surface area (Å²) in [7, 11) is 1.92. The third-order valence-electron chi connectivity index (χ3n) is 3.39. The quantitative estimate of drug-likeness (QED) is 0.729. The second-order valence-corrected chi connectivity index (χ2v) is 5.57. The van der Waals surface area contributed by atoms with Crippen molar-refractivity contribution in [2.45, 2.75) is 53.0 Å². The van der Waals surface area contributed by atoms with Gasteiger partial charge in [0.15, 0.2) is 0 Å². The number of rotatable bonds is 7. The fourth-order valence-electron chi connectivity index (χ4n) is 2.00. The van der Waals surface area contributed by atoms with Gasteiger partial charge in [-0.1, -0.05) is 34.1 Å². The predicted octanol–water partition coefficient (Wildman–Crippen LogP) is 2.85. The maximum absolute atomic E-state index is 11.4. The van der Waals surface area contributed by atoms with Gasteiger partial charge in [-0.2, -0.15) is 0 Å². The average Bonchev–Trinajstić information content (AvgIpc) is 2.15. The van der Waals surface area contributed by atoms with E-state index in [0.29, 0.717) is 18.3 Å². The Morgan fingerprint density at radius 1 is 1.38 bits per heavy atom. The SMILES string of the molecule is CCC(C)CN(C)C(C)(CC(C)C)C(=O)O. The maximum atomic E-state index is 11.4. The van der Waals surface area contributed by atoms with Crippen molar-refractivity contribution in [3.8, 4) is 0 Å². The molecule has 0 aliphatic heterocycles. The van der Waals surface area contributed by atoms with Crippen LogP contribution in [-0.2, 0) is 4.79 Å². The van der Waals surface area contributed by atoms with E-state index >= 15 is 0 Å². The van der Waals surface area contributed by atoms with Crippen LogP contribution in [-0.4, -0.2) is 35.1 Å². The monoisotopic (exact) mass is 229 g/mol. The minimum atomic E-state index is -0.738. The molecule has 0 amide bonds. The van der Waals surface area contributed by atoms with Crippen LogP contribution in [0.3, 0.4) is 0 Å². The summed E-state index contributed by atoms with van der Waals surface area (Å²) in [4.78, 5) is 13.4. The molecule has 16 heavy (non-hydrogen) atoms. The van der Waals surface area contributed by atoms with Crippen LogP contribution in [0.2, 0.25) is 0 Å².